The highest BCUT2D eigenvalue weighted by Gasteiger charge is 2.10. The van der Waals surface area contributed by atoms with Crippen molar-refractivity contribution in [3.8, 4) is 17.1 Å². The molecule has 3 aromatic heterocycles. The Morgan fingerprint density at radius 3 is 3.06 bits per heavy atom. The van der Waals surface area contributed by atoms with Gasteiger partial charge in [0.1, 0.15) is 0 Å². The summed E-state index contributed by atoms with van der Waals surface area (Å²) in [6.07, 6.45) is 3.35. The van der Waals surface area contributed by atoms with E-state index in [1.165, 1.54) is 15.7 Å². The van der Waals surface area contributed by atoms with E-state index >= 15 is 0 Å². The van der Waals surface area contributed by atoms with Crippen molar-refractivity contribution < 1.29 is 5.11 Å². The van der Waals surface area contributed by atoms with Gasteiger partial charge in [0.05, 0.1) is 11.8 Å². The van der Waals surface area contributed by atoms with Crippen molar-refractivity contribution in [3.63, 3.8) is 0 Å². The van der Waals surface area contributed by atoms with Crippen LogP contribution in [0.4, 0.5) is 0 Å². The van der Waals surface area contributed by atoms with E-state index in [2.05, 4.69) is 9.97 Å². The van der Waals surface area contributed by atoms with Crippen LogP contribution in [0.3, 0.4) is 0 Å². The number of pyridine rings is 1. The molecule has 6 heteroatoms. The van der Waals surface area contributed by atoms with Gasteiger partial charge in [0.15, 0.2) is 4.96 Å². The molecule has 0 amide bonds. The van der Waals surface area contributed by atoms with Crippen LogP contribution in [-0.2, 0) is 0 Å². The Bertz CT molecular complexity index is 733. The van der Waals surface area contributed by atoms with E-state index < -0.39 is 0 Å². The van der Waals surface area contributed by atoms with Gasteiger partial charge in [-0.3, -0.25) is 14.2 Å². The van der Waals surface area contributed by atoms with Gasteiger partial charge in [0.25, 0.3) is 5.56 Å². The first-order valence-electron chi connectivity index (χ1n) is 4.86. The van der Waals surface area contributed by atoms with E-state index in [9.17, 15) is 9.90 Å². The maximum absolute atomic E-state index is 11.8. The van der Waals surface area contributed by atoms with Crippen molar-refractivity contribution in [2.75, 3.05) is 0 Å². The van der Waals surface area contributed by atoms with Crippen LogP contribution in [0.1, 0.15) is 0 Å². The summed E-state index contributed by atoms with van der Waals surface area (Å²) in [6.45, 7) is 0. The lowest BCUT2D eigenvalue weighted by Crippen LogP contribution is -2.12. The first-order chi connectivity index (χ1) is 8.25. The summed E-state index contributed by atoms with van der Waals surface area (Å²) in [5.74, 6) is -0.255. The summed E-state index contributed by atoms with van der Waals surface area (Å²) >= 11 is 1.30. The van der Waals surface area contributed by atoms with E-state index in [1.807, 2.05) is 11.4 Å². The second-order valence-corrected chi connectivity index (χ2v) is 4.27. The van der Waals surface area contributed by atoms with E-state index in [0.717, 1.165) is 17.3 Å². The number of fused-ring (bicyclic) bond motifs is 1. The SMILES string of the molecule is O=c1cc(O)nc2scc(-c3cccnc3)n12. The number of aromatic hydroxyl groups is 1. The molecule has 17 heavy (non-hydrogen) atoms. The molecule has 0 aromatic carbocycles. The Morgan fingerprint density at radius 2 is 2.29 bits per heavy atom. The van der Waals surface area contributed by atoms with Gasteiger partial charge in [-0.15, -0.1) is 11.3 Å². The smallest absolute Gasteiger partial charge is 0.262 e. The highest BCUT2D eigenvalue weighted by Crippen LogP contribution is 2.23. The minimum Gasteiger partial charge on any atom is -0.493 e. The number of aromatic nitrogens is 3. The van der Waals surface area contributed by atoms with Crippen LogP contribution in [0, 0.1) is 0 Å². The Hall–Kier alpha value is -2.21. The molecule has 3 rings (SSSR count). The van der Waals surface area contributed by atoms with Crippen LogP contribution >= 0.6 is 11.3 Å². The Morgan fingerprint density at radius 1 is 1.41 bits per heavy atom. The molecule has 0 spiro atoms. The Labute approximate surface area is 99.7 Å². The summed E-state index contributed by atoms with van der Waals surface area (Å²) in [7, 11) is 0. The molecule has 3 aromatic rings. The molecule has 0 aliphatic carbocycles. The van der Waals surface area contributed by atoms with E-state index in [-0.39, 0.29) is 11.4 Å². The lowest BCUT2D eigenvalue weighted by Gasteiger charge is -2.00. The van der Waals surface area contributed by atoms with Crippen molar-refractivity contribution in [1.82, 2.24) is 14.4 Å². The van der Waals surface area contributed by atoms with Crippen LogP contribution in [0.15, 0.2) is 40.8 Å². The molecule has 0 radical (unpaired) electrons. The summed E-state index contributed by atoms with van der Waals surface area (Å²) in [6, 6.07) is 4.77. The highest BCUT2D eigenvalue weighted by molar-refractivity contribution is 7.15. The molecule has 1 N–H and O–H groups in total. The van der Waals surface area contributed by atoms with Gasteiger partial charge >= 0.3 is 0 Å². The van der Waals surface area contributed by atoms with Crippen LogP contribution in [0.5, 0.6) is 5.88 Å². The van der Waals surface area contributed by atoms with Crippen molar-refractivity contribution in [2.24, 2.45) is 0 Å². The fourth-order valence-corrected chi connectivity index (χ4v) is 2.52. The molecule has 0 aliphatic rings. The number of hydrogen-bond acceptors (Lipinski definition) is 5. The molecule has 0 saturated heterocycles. The standard InChI is InChI=1S/C11H7N3O2S/c15-9-4-10(16)14-8(6-17-11(14)13-9)7-2-1-3-12-5-7/h1-6,15H. The summed E-state index contributed by atoms with van der Waals surface area (Å²) < 4.78 is 1.46. The van der Waals surface area contributed by atoms with Crippen molar-refractivity contribution >= 4 is 16.3 Å². The van der Waals surface area contributed by atoms with Crippen LogP contribution < -0.4 is 5.56 Å². The predicted octanol–water partition coefficient (Wildman–Crippen LogP) is 1.52. The summed E-state index contributed by atoms with van der Waals surface area (Å²) in [5, 5.41) is 11.1. The molecule has 84 valence electrons. The van der Waals surface area contributed by atoms with Crippen molar-refractivity contribution in [2.45, 2.75) is 0 Å². The number of hydrogen-bond donors (Lipinski definition) is 1. The van der Waals surface area contributed by atoms with Crippen LogP contribution in [0.2, 0.25) is 0 Å². The minimum atomic E-state index is -0.299. The molecule has 0 unspecified atom stereocenters. The Balaban J connectivity index is 2.37. The molecule has 0 aliphatic heterocycles. The molecule has 3 heterocycles. The van der Waals surface area contributed by atoms with E-state index in [4.69, 9.17) is 0 Å². The third kappa shape index (κ3) is 1.58. The topological polar surface area (TPSA) is 67.5 Å². The second-order valence-electron chi connectivity index (χ2n) is 3.43. The maximum atomic E-state index is 11.8. The van der Waals surface area contributed by atoms with Crippen LogP contribution in [-0.4, -0.2) is 19.5 Å². The zero-order valence-electron chi connectivity index (χ0n) is 8.57. The number of rotatable bonds is 1. The van der Waals surface area contributed by atoms with E-state index in [0.29, 0.717) is 4.96 Å². The van der Waals surface area contributed by atoms with Gasteiger partial charge in [-0.1, -0.05) is 0 Å². The van der Waals surface area contributed by atoms with Gasteiger partial charge in [-0.05, 0) is 12.1 Å². The monoisotopic (exact) mass is 245 g/mol. The quantitative estimate of drug-likeness (QED) is 0.706. The lowest BCUT2D eigenvalue weighted by molar-refractivity contribution is 0.453. The predicted molar refractivity (Wildman–Crippen MR) is 64.2 cm³/mol. The molecular weight excluding hydrogens is 238 g/mol. The van der Waals surface area contributed by atoms with E-state index in [1.54, 1.807) is 18.5 Å². The van der Waals surface area contributed by atoms with Gasteiger partial charge in [-0.2, -0.15) is 4.98 Å². The van der Waals surface area contributed by atoms with Gasteiger partial charge in [-0.25, -0.2) is 0 Å². The zero-order chi connectivity index (χ0) is 11.8. The summed E-state index contributed by atoms with van der Waals surface area (Å²) in [5.41, 5.74) is 1.27. The normalized spacial score (nSPS) is 10.8. The molecule has 0 saturated carbocycles. The average molecular weight is 245 g/mol. The van der Waals surface area contributed by atoms with Crippen LogP contribution in [0.25, 0.3) is 16.2 Å². The maximum Gasteiger partial charge on any atom is 0.262 e. The third-order valence-corrected chi connectivity index (χ3v) is 3.17. The number of nitrogens with zero attached hydrogens (tertiary/aromatic N) is 3. The third-order valence-electron chi connectivity index (χ3n) is 2.35. The molecule has 0 fully saturated rings. The highest BCUT2D eigenvalue weighted by atomic mass is 32.1. The first kappa shape index (κ1) is 9.98. The molecule has 5 nitrogen and oxygen atoms in total. The van der Waals surface area contributed by atoms with Gasteiger partial charge in [0.2, 0.25) is 5.88 Å². The van der Waals surface area contributed by atoms with Gasteiger partial charge in [0, 0.05) is 23.3 Å². The van der Waals surface area contributed by atoms with Crippen molar-refractivity contribution in [1.29, 1.82) is 0 Å². The number of thiazole rings is 1. The minimum absolute atomic E-state index is 0.255. The fraction of sp³-hybridized carbons (Fsp3) is 0. The zero-order valence-corrected chi connectivity index (χ0v) is 9.39. The average Bonchev–Trinajstić information content (AvgIpc) is 2.74. The molecule has 0 atom stereocenters. The molecule has 0 bridgehead atoms. The fourth-order valence-electron chi connectivity index (χ4n) is 1.62. The van der Waals surface area contributed by atoms with Gasteiger partial charge < -0.3 is 5.11 Å². The molecular formula is C11H7N3O2S. The summed E-state index contributed by atoms with van der Waals surface area (Å²) in [4.78, 5) is 20.2. The van der Waals surface area contributed by atoms with Crippen molar-refractivity contribution in [3.05, 3.63) is 46.3 Å². The lowest BCUT2D eigenvalue weighted by atomic mass is 10.2. The Kier molecular flexibility index (Phi) is 2.15. The second kappa shape index (κ2) is 3.67. The first-order valence-corrected chi connectivity index (χ1v) is 5.74. The largest absolute Gasteiger partial charge is 0.493 e.